The highest BCUT2D eigenvalue weighted by Crippen LogP contribution is 2.14. The van der Waals surface area contributed by atoms with E-state index in [1.807, 2.05) is 6.07 Å². The molecule has 1 aromatic heterocycles. The summed E-state index contributed by atoms with van der Waals surface area (Å²) in [7, 11) is -3.22. The van der Waals surface area contributed by atoms with Crippen LogP contribution >= 0.6 is 0 Å². The molecule has 0 unspecified atom stereocenters. The van der Waals surface area contributed by atoms with Crippen molar-refractivity contribution in [2.75, 3.05) is 18.8 Å². The highest BCUT2D eigenvalue weighted by molar-refractivity contribution is 7.89. The molecule has 1 aliphatic heterocycles. The Labute approximate surface area is 94.8 Å². The van der Waals surface area contributed by atoms with Crippen LogP contribution in [0.25, 0.3) is 0 Å². The lowest BCUT2D eigenvalue weighted by Gasteiger charge is -2.34. The molecule has 1 fully saturated rings. The molecule has 0 aliphatic carbocycles. The second-order valence-electron chi connectivity index (χ2n) is 3.86. The lowest BCUT2D eigenvalue weighted by atomic mass is 10.2. The van der Waals surface area contributed by atoms with Crippen LogP contribution in [0, 0.1) is 0 Å². The largest absolute Gasteiger partial charge is 0.390 e. The molecule has 1 saturated heterocycles. The van der Waals surface area contributed by atoms with Gasteiger partial charge in [0, 0.05) is 31.4 Å². The van der Waals surface area contributed by atoms with E-state index in [1.165, 1.54) is 4.31 Å². The molecule has 6 heteroatoms. The van der Waals surface area contributed by atoms with Gasteiger partial charge in [-0.15, -0.1) is 0 Å². The van der Waals surface area contributed by atoms with Gasteiger partial charge in [-0.05, 0) is 12.1 Å². The van der Waals surface area contributed by atoms with Crippen LogP contribution in [0.5, 0.6) is 0 Å². The number of rotatable bonds is 4. The van der Waals surface area contributed by atoms with Gasteiger partial charge < -0.3 is 5.11 Å². The fourth-order valence-corrected chi connectivity index (χ4v) is 3.08. The van der Waals surface area contributed by atoms with Crippen molar-refractivity contribution in [3.05, 3.63) is 30.1 Å². The van der Waals surface area contributed by atoms with Crippen molar-refractivity contribution in [1.82, 2.24) is 9.29 Å². The summed E-state index contributed by atoms with van der Waals surface area (Å²) in [5.74, 6) is 0.0523. The Morgan fingerprint density at radius 2 is 2.19 bits per heavy atom. The highest BCUT2D eigenvalue weighted by atomic mass is 32.2. The number of aliphatic hydroxyl groups excluding tert-OH is 1. The monoisotopic (exact) mass is 242 g/mol. The standard InChI is InChI=1S/C10H14N2O3S/c13-10-7-12(8-10)16(14,15)6-4-9-3-1-2-5-11-9/h1-3,5,10,13H,4,6-8H2. The van der Waals surface area contributed by atoms with Gasteiger partial charge in [-0.3, -0.25) is 4.98 Å². The van der Waals surface area contributed by atoms with Crippen molar-refractivity contribution in [3.63, 3.8) is 0 Å². The summed E-state index contributed by atoms with van der Waals surface area (Å²) in [6, 6.07) is 5.44. The van der Waals surface area contributed by atoms with Gasteiger partial charge in [0.15, 0.2) is 0 Å². The number of nitrogens with zero attached hydrogens (tertiary/aromatic N) is 2. The minimum atomic E-state index is -3.22. The first-order chi connectivity index (χ1) is 7.58. The molecule has 2 heterocycles. The number of hydrogen-bond acceptors (Lipinski definition) is 4. The Morgan fingerprint density at radius 3 is 2.75 bits per heavy atom. The molecule has 0 saturated carbocycles. The van der Waals surface area contributed by atoms with E-state index in [2.05, 4.69) is 4.98 Å². The molecule has 1 N–H and O–H groups in total. The second kappa shape index (κ2) is 4.48. The Morgan fingerprint density at radius 1 is 1.44 bits per heavy atom. The van der Waals surface area contributed by atoms with Crippen molar-refractivity contribution in [2.45, 2.75) is 12.5 Å². The van der Waals surface area contributed by atoms with Gasteiger partial charge in [-0.2, -0.15) is 4.31 Å². The summed E-state index contributed by atoms with van der Waals surface area (Å²) in [6.07, 6.45) is 1.56. The molecule has 0 aromatic carbocycles. The molecule has 5 nitrogen and oxygen atoms in total. The third kappa shape index (κ3) is 2.58. The highest BCUT2D eigenvalue weighted by Gasteiger charge is 2.33. The lowest BCUT2D eigenvalue weighted by Crippen LogP contribution is -2.54. The summed E-state index contributed by atoms with van der Waals surface area (Å²) in [5.41, 5.74) is 0.771. The van der Waals surface area contributed by atoms with Crippen LogP contribution in [0.15, 0.2) is 24.4 Å². The van der Waals surface area contributed by atoms with E-state index >= 15 is 0 Å². The minimum Gasteiger partial charge on any atom is -0.390 e. The van der Waals surface area contributed by atoms with Gasteiger partial charge >= 0.3 is 0 Å². The summed E-state index contributed by atoms with van der Waals surface area (Å²) in [4.78, 5) is 4.07. The zero-order valence-corrected chi connectivity index (χ0v) is 9.60. The van der Waals surface area contributed by atoms with E-state index in [-0.39, 0.29) is 18.8 Å². The molecule has 0 atom stereocenters. The number of aliphatic hydroxyl groups is 1. The Kier molecular flexibility index (Phi) is 3.22. The van der Waals surface area contributed by atoms with E-state index < -0.39 is 16.1 Å². The van der Waals surface area contributed by atoms with Crippen LogP contribution in [-0.4, -0.2) is 47.8 Å². The number of pyridine rings is 1. The first kappa shape index (κ1) is 11.5. The Balaban J connectivity index is 1.90. The van der Waals surface area contributed by atoms with Gasteiger partial charge in [0.05, 0.1) is 11.9 Å². The first-order valence-electron chi connectivity index (χ1n) is 5.14. The maximum Gasteiger partial charge on any atom is 0.214 e. The first-order valence-corrected chi connectivity index (χ1v) is 6.74. The van der Waals surface area contributed by atoms with E-state index in [0.29, 0.717) is 6.42 Å². The van der Waals surface area contributed by atoms with Gasteiger partial charge in [0.2, 0.25) is 10.0 Å². The number of β-amino-alcohol motifs (C(OH)–C–C–N with tert-alkyl or cyclic N) is 1. The summed E-state index contributed by atoms with van der Waals surface area (Å²) < 4.78 is 24.7. The average Bonchev–Trinajstić information content (AvgIpc) is 2.24. The van der Waals surface area contributed by atoms with Gasteiger partial charge in [-0.1, -0.05) is 6.07 Å². The average molecular weight is 242 g/mol. The Bertz CT molecular complexity index is 440. The quantitative estimate of drug-likeness (QED) is 0.782. The molecule has 0 amide bonds. The smallest absolute Gasteiger partial charge is 0.214 e. The number of aromatic nitrogens is 1. The lowest BCUT2D eigenvalue weighted by molar-refractivity contribution is 0.0548. The predicted octanol–water partition coefficient (Wildman–Crippen LogP) is -0.370. The molecule has 16 heavy (non-hydrogen) atoms. The van der Waals surface area contributed by atoms with Crippen LogP contribution < -0.4 is 0 Å². The summed E-state index contributed by atoms with van der Waals surface area (Å²) in [5, 5.41) is 9.05. The van der Waals surface area contributed by atoms with Crippen molar-refractivity contribution in [3.8, 4) is 0 Å². The van der Waals surface area contributed by atoms with Crippen LogP contribution in [0.1, 0.15) is 5.69 Å². The molecule has 2 rings (SSSR count). The fourth-order valence-electron chi connectivity index (χ4n) is 1.55. The molecule has 1 aromatic rings. The third-order valence-corrected chi connectivity index (χ3v) is 4.37. The van der Waals surface area contributed by atoms with Crippen LogP contribution in [-0.2, 0) is 16.4 Å². The zero-order chi connectivity index (χ0) is 11.6. The number of aryl methyl sites for hydroxylation is 1. The molecule has 88 valence electrons. The summed E-state index contributed by atoms with van der Waals surface area (Å²) in [6.45, 7) is 0.453. The predicted molar refractivity (Wildman–Crippen MR) is 59.3 cm³/mol. The molecule has 0 spiro atoms. The minimum absolute atomic E-state index is 0.0523. The van der Waals surface area contributed by atoms with Crippen LogP contribution in [0.3, 0.4) is 0 Å². The zero-order valence-electron chi connectivity index (χ0n) is 8.78. The summed E-state index contributed by atoms with van der Waals surface area (Å²) >= 11 is 0. The van der Waals surface area contributed by atoms with Crippen molar-refractivity contribution in [2.24, 2.45) is 0 Å². The molecule has 0 bridgehead atoms. The second-order valence-corrected chi connectivity index (χ2v) is 5.95. The van der Waals surface area contributed by atoms with Crippen molar-refractivity contribution >= 4 is 10.0 Å². The van der Waals surface area contributed by atoms with Gasteiger partial charge in [0.25, 0.3) is 0 Å². The van der Waals surface area contributed by atoms with Crippen LogP contribution in [0.2, 0.25) is 0 Å². The molecule has 0 radical (unpaired) electrons. The molecular formula is C10H14N2O3S. The van der Waals surface area contributed by atoms with E-state index in [9.17, 15) is 8.42 Å². The maximum atomic E-state index is 11.7. The Hall–Kier alpha value is -0.980. The third-order valence-electron chi connectivity index (χ3n) is 2.56. The molecule has 1 aliphatic rings. The van der Waals surface area contributed by atoms with Crippen LogP contribution in [0.4, 0.5) is 0 Å². The number of sulfonamides is 1. The SMILES string of the molecule is O=S(=O)(CCc1ccccn1)N1CC(O)C1. The topological polar surface area (TPSA) is 70.5 Å². The maximum absolute atomic E-state index is 11.7. The van der Waals surface area contributed by atoms with Crippen molar-refractivity contribution in [1.29, 1.82) is 0 Å². The van der Waals surface area contributed by atoms with E-state index in [0.717, 1.165) is 5.69 Å². The van der Waals surface area contributed by atoms with Gasteiger partial charge in [-0.25, -0.2) is 8.42 Å². The van der Waals surface area contributed by atoms with Crippen molar-refractivity contribution < 1.29 is 13.5 Å². The van der Waals surface area contributed by atoms with E-state index in [4.69, 9.17) is 5.11 Å². The fraction of sp³-hybridized carbons (Fsp3) is 0.500. The number of hydrogen-bond donors (Lipinski definition) is 1. The van der Waals surface area contributed by atoms with Gasteiger partial charge in [0.1, 0.15) is 0 Å². The molecular weight excluding hydrogens is 228 g/mol. The normalized spacial score (nSPS) is 18.3. The van der Waals surface area contributed by atoms with E-state index in [1.54, 1.807) is 18.3 Å².